The summed E-state index contributed by atoms with van der Waals surface area (Å²) in [4.78, 5) is 17.9. The summed E-state index contributed by atoms with van der Waals surface area (Å²) >= 11 is 5.90. The highest BCUT2D eigenvalue weighted by Crippen LogP contribution is 2.30. The van der Waals surface area contributed by atoms with Crippen molar-refractivity contribution >= 4 is 23.3 Å². The van der Waals surface area contributed by atoms with Gasteiger partial charge in [-0.3, -0.25) is 4.79 Å². The van der Waals surface area contributed by atoms with E-state index in [1.165, 1.54) is 6.07 Å². The van der Waals surface area contributed by atoms with Crippen LogP contribution in [0.1, 0.15) is 29.6 Å². The molecule has 0 bridgehead atoms. The molecule has 0 atom stereocenters. The summed E-state index contributed by atoms with van der Waals surface area (Å²) in [7, 11) is 3.66. The van der Waals surface area contributed by atoms with E-state index in [9.17, 15) is 9.90 Å². The van der Waals surface area contributed by atoms with Gasteiger partial charge in [-0.1, -0.05) is 11.6 Å². The van der Waals surface area contributed by atoms with Gasteiger partial charge in [0.25, 0.3) is 5.91 Å². The molecule has 6 heteroatoms. The van der Waals surface area contributed by atoms with Crippen LogP contribution in [0.5, 0.6) is 0 Å². The van der Waals surface area contributed by atoms with Crippen molar-refractivity contribution in [3.05, 3.63) is 22.8 Å². The Morgan fingerprint density at radius 3 is 2.74 bits per heavy atom. The number of hydrogen-bond donors (Lipinski definition) is 2. The lowest BCUT2D eigenvalue weighted by Crippen LogP contribution is -2.47. The third-order valence-electron chi connectivity index (χ3n) is 3.36. The van der Waals surface area contributed by atoms with Crippen molar-refractivity contribution in [1.82, 2.24) is 10.3 Å². The van der Waals surface area contributed by atoms with Crippen LogP contribution in [0.15, 0.2) is 12.1 Å². The van der Waals surface area contributed by atoms with E-state index in [0.29, 0.717) is 11.4 Å². The zero-order valence-corrected chi connectivity index (χ0v) is 11.9. The number of anilines is 1. The number of hydrogen-bond acceptors (Lipinski definition) is 4. The molecule has 0 aromatic carbocycles. The fourth-order valence-electron chi connectivity index (χ4n) is 1.95. The number of rotatable bonds is 4. The third kappa shape index (κ3) is 3.36. The highest BCUT2D eigenvalue weighted by Gasteiger charge is 2.34. The Bertz CT molecular complexity index is 487. The number of amides is 1. The minimum absolute atomic E-state index is 0.243. The lowest BCUT2D eigenvalue weighted by Gasteiger charge is -2.36. The zero-order chi connectivity index (χ0) is 14.0. The van der Waals surface area contributed by atoms with Gasteiger partial charge in [0.05, 0.1) is 5.60 Å². The van der Waals surface area contributed by atoms with E-state index in [2.05, 4.69) is 10.3 Å². The minimum Gasteiger partial charge on any atom is -0.388 e. The number of nitrogens with one attached hydrogen (secondary N) is 1. The van der Waals surface area contributed by atoms with Gasteiger partial charge in [0.15, 0.2) is 0 Å². The fourth-order valence-corrected chi connectivity index (χ4v) is 2.16. The van der Waals surface area contributed by atoms with E-state index in [1.807, 2.05) is 14.1 Å². The molecule has 0 spiro atoms. The predicted molar refractivity (Wildman–Crippen MR) is 74.7 cm³/mol. The molecule has 0 aliphatic heterocycles. The van der Waals surface area contributed by atoms with Crippen molar-refractivity contribution in [3.8, 4) is 0 Å². The normalized spacial score (nSPS) is 16.6. The molecule has 2 N–H and O–H groups in total. The molecule has 0 unspecified atom stereocenters. The van der Waals surface area contributed by atoms with Crippen molar-refractivity contribution < 1.29 is 9.90 Å². The summed E-state index contributed by atoms with van der Waals surface area (Å²) in [6.45, 7) is 0.281. The van der Waals surface area contributed by atoms with Gasteiger partial charge in [0.1, 0.15) is 11.0 Å². The second-order valence-corrected chi connectivity index (χ2v) is 5.58. The van der Waals surface area contributed by atoms with Crippen molar-refractivity contribution in [2.75, 3.05) is 25.5 Å². The van der Waals surface area contributed by atoms with E-state index >= 15 is 0 Å². The molecular formula is C13H18ClN3O2. The summed E-state index contributed by atoms with van der Waals surface area (Å²) in [5.41, 5.74) is -0.275. The van der Waals surface area contributed by atoms with Crippen LogP contribution >= 0.6 is 11.6 Å². The number of halogens is 1. The van der Waals surface area contributed by atoms with Gasteiger partial charge in [-0.05, 0) is 31.4 Å². The molecule has 104 valence electrons. The van der Waals surface area contributed by atoms with Crippen molar-refractivity contribution in [1.29, 1.82) is 0 Å². The summed E-state index contributed by atoms with van der Waals surface area (Å²) in [5.74, 6) is 0.382. The van der Waals surface area contributed by atoms with E-state index in [4.69, 9.17) is 11.6 Å². The Morgan fingerprint density at radius 1 is 1.53 bits per heavy atom. The standard InChI is InChI=1S/C13H18ClN3O2/c1-17(2)11-7-9(6-10(14)16-11)12(18)15-8-13(19)4-3-5-13/h6-7,19H,3-5,8H2,1-2H3,(H,15,18). The highest BCUT2D eigenvalue weighted by atomic mass is 35.5. The molecule has 1 aliphatic carbocycles. The molecule has 19 heavy (non-hydrogen) atoms. The third-order valence-corrected chi connectivity index (χ3v) is 3.56. The molecule has 1 fully saturated rings. The topological polar surface area (TPSA) is 65.5 Å². The Hall–Kier alpha value is -1.33. The predicted octanol–water partition coefficient (Wildman–Crippen LogP) is 1.45. The maximum Gasteiger partial charge on any atom is 0.251 e. The average Bonchev–Trinajstić information content (AvgIpc) is 2.32. The molecular weight excluding hydrogens is 266 g/mol. The fraction of sp³-hybridized carbons (Fsp3) is 0.538. The van der Waals surface area contributed by atoms with E-state index in [1.54, 1.807) is 11.0 Å². The zero-order valence-electron chi connectivity index (χ0n) is 11.1. The molecule has 5 nitrogen and oxygen atoms in total. The molecule has 1 aliphatic rings. The van der Waals surface area contributed by atoms with Crippen molar-refractivity contribution in [3.63, 3.8) is 0 Å². The average molecular weight is 284 g/mol. The van der Waals surface area contributed by atoms with Crippen LogP contribution in [-0.2, 0) is 0 Å². The molecule has 1 heterocycles. The Kier molecular flexibility index (Phi) is 3.96. The second-order valence-electron chi connectivity index (χ2n) is 5.19. The maximum atomic E-state index is 12.0. The summed E-state index contributed by atoms with van der Waals surface area (Å²) in [6.07, 6.45) is 2.50. The Balaban J connectivity index is 2.06. The van der Waals surface area contributed by atoms with Crippen LogP contribution in [0.25, 0.3) is 0 Å². The first-order chi connectivity index (χ1) is 8.89. The molecule has 1 aromatic rings. The van der Waals surface area contributed by atoms with Crippen LogP contribution in [0.4, 0.5) is 5.82 Å². The first-order valence-electron chi connectivity index (χ1n) is 6.25. The summed E-state index contributed by atoms with van der Waals surface area (Å²) in [5, 5.41) is 13.0. The monoisotopic (exact) mass is 283 g/mol. The molecule has 1 saturated carbocycles. The number of carbonyl (C=O) groups is 1. The maximum absolute atomic E-state index is 12.0. The van der Waals surface area contributed by atoms with Crippen LogP contribution < -0.4 is 10.2 Å². The largest absolute Gasteiger partial charge is 0.388 e. The lowest BCUT2D eigenvalue weighted by molar-refractivity contribution is -0.0300. The molecule has 0 radical (unpaired) electrons. The van der Waals surface area contributed by atoms with Gasteiger partial charge in [-0.15, -0.1) is 0 Å². The number of aromatic nitrogens is 1. The second kappa shape index (κ2) is 5.35. The number of aliphatic hydroxyl groups is 1. The smallest absolute Gasteiger partial charge is 0.251 e. The van der Waals surface area contributed by atoms with Gasteiger partial charge in [0.2, 0.25) is 0 Å². The minimum atomic E-state index is -0.725. The van der Waals surface area contributed by atoms with Gasteiger partial charge >= 0.3 is 0 Å². The van der Waals surface area contributed by atoms with Gasteiger partial charge in [-0.25, -0.2) is 4.98 Å². The Morgan fingerprint density at radius 2 is 2.21 bits per heavy atom. The number of pyridine rings is 1. The van der Waals surface area contributed by atoms with Crippen molar-refractivity contribution in [2.24, 2.45) is 0 Å². The van der Waals surface area contributed by atoms with E-state index in [-0.39, 0.29) is 17.6 Å². The quantitative estimate of drug-likeness (QED) is 0.821. The summed E-state index contributed by atoms with van der Waals surface area (Å²) < 4.78 is 0. The van der Waals surface area contributed by atoms with Crippen molar-refractivity contribution in [2.45, 2.75) is 24.9 Å². The van der Waals surface area contributed by atoms with E-state index in [0.717, 1.165) is 19.3 Å². The first kappa shape index (κ1) is 14.1. The molecule has 2 rings (SSSR count). The Labute approximate surface area is 117 Å². The molecule has 1 aromatic heterocycles. The van der Waals surface area contributed by atoms with Gasteiger partial charge in [-0.2, -0.15) is 0 Å². The van der Waals surface area contributed by atoms with Gasteiger partial charge in [0, 0.05) is 26.2 Å². The number of carbonyl (C=O) groups excluding carboxylic acids is 1. The SMILES string of the molecule is CN(C)c1cc(C(=O)NCC2(O)CCC2)cc(Cl)n1. The molecule has 0 saturated heterocycles. The summed E-state index contributed by atoms with van der Waals surface area (Å²) in [6, 6.07) is 3.20. The van der Waals surface area contributed by atoms with Gasteiger partial charge < -0.3 is 15.3 Å². The number of nitrogens with zero attached hydrogens (tertiary/aromatic N) is 2. The molecule has 1 amide bonds. The van der Waals surface area contributed by atoms with Crippen LogP contribution in [0.2, 0.25) is 5.15 Å². The highest BCUT2D eigenvalue weighted by molar-refractivity contribution is 6.29. The lowest BCUT2D eigenvalue weighted by atomic mass is 9.80. The van der Waals surface area contributed by atoms with Crippen LogP contribution in [-0.4, -0.2) is 42.2 Å². The van der Waals surface area contributed by atoms with Crippen LogP contribution in [0, 0.1) is 0 Å². The van der Waals surface area contributed by atoms with Crippen LogP contribution in [0.3, 0.4) is 0 Å². The first-order valence-corrected chi connectivity index (χ1v) is 6.63. The van der Waals surface area contributed by atoms with E-state index < -0.39 is 5.60 Å².